The second-order valence-corrected chi connectivity index (χ2v) is 3.91. The number of benzene rings is 1. The summed E-state index contributed by atoms with van der Waals surface area (Å²) in [6, 6.07) is 6.73. The molecular weight excluding hydrogens is 256 g/mol. The molecule has 98 valence electrons. The first-order valence-electron chi connectivity index (χ1n) is 5.53. The Kier molecular flexibility index (Phi) is 6.00. The first-order valence-corrected chi connectivity index (χ1v) is 5.91. The molecule has 2 amide bonds. The van der Waals surface area contributed by atoms with Crippen LogP contribution in [0.1, 0.15) is 12.5 Å². The third-order valence-electron chi connectivity index (χ3n) is 2.04. The number of halogens is 1. The fourth-order valence-electron chi connectivity index (χ4n) is 1.26. The van der Waals surface area contributed by atoms with Gasteiger partial charge in [0, 0.05) is 11.6 Å². The summed E-state index contributed by atoms with van der Waals surface area (Å²) < 4.78 is 4.67. The first-order chi connectivity index (χ1) is 8.61. The lowest BCUT2D eigenvalue weighted by atomic mass is 10.2. The van der Waals surface area contributed by atoms with Crippen LogP contribution in [0.25, 0.3) is 0 Å². The third-order valence-corrected chi connectivity index (χ3v) is 2.28. The zero-order chi connectivity index (χ0) is 13.4. The van der Waals surface area contributed by atoms with Crippen LogP contribution in [0.3, 0.4) is 0 Å². The number of rotatable bonds is 5. The molecule has 0 aliphatic carbocycles. The van der Waals surface area contributed by atoms with Gasteiger partial charge in [0.25, 0.3) is 0 Å². The lowest BCUT2D eigenvalue weighted by molar-refractivity contribution is -0.141. The van der Waals surface area contributed by atoms with Gasteiger partial charge in [0.2, 0.25) is 0 Å². The van der Waals surface area contributed by atoms with E-state index in [9.17, 15) is 9.59 Å². The molecule has 0 unspecified atom stereocenters. The molecule has 0 atom stereocenters. The standard InChI is InChI=1S/C12H15ClN2O3/c1-2-18-11(16)8-15-12(17)14-7-9-4-3-5-10(13)6-9/h3-6H,2,7-8H2,1H3,(H2,14,15,17). The van der Waals surface area contributed by atoms with Gasteiger partial charge in [0.05, 0.1) is 6.61 Å². The number of urea groups is 1. The second kappa shape index (κ2) is 7.55. The largest absolute Gasteiger partial charge is 0.465 e. The minimum Gasteiger partial charge on any atom is -0.465 e. The third kappa shape index (κ3) is 5.54. The quantitative estimate of drug-likeness (QED) is 0.801. The van der Waals surface area contributed by atoms with Gasteiger partial charge in [-0.2, -0.15) is 0 Å². The van der Waals surface area contributed by atoms with E-state index in [1.165, 1.54) is 0 Å². The van der Waals surface area contributed by atoms with Crippen molar-refractivity contribution in [1.29, 1.82) is 0 Å². The van der Waals surface area contributed by atoms with E-state index < -0.39 is 12.0 Å². The smallest absolute Gasteiger partial charge is 0.325 e. The summed E-state index contributed by atoms with van der Waals surface area (Å²) in [6.07, 6.45) is 0. The average molecular weight is 271 g/mol. The molecule has 0 aliphatic heterocycles. The number of ether oxygens (including phenoxy) is 1. The molecule has 6 heteroatoms. The van der Waals surface area contributed by atoms with Crippen molar-refractivity contribution in [1.82, 2.24) is 10.6 Å². The Morgan fingerprint density at radius 3 is 2.78 bits per heavy atom. The Morgan fingerprint density at radius 2 is 2.11 bits per heavy atom. The predicted molar refractivity (Wildman–Crippen MR) is 68.3 cm³/mol. The van der Waals surface area contributed by atoms with Crippen LogP contribution in [0.4, 0.5) is 4.79 Å². The molecular formula is C12H15ClN2O3. The molecule has 1 rings (SSSR count). The molecule has 0 aliphatic rings. The maximum absolute atomic E-state index is 11.3. The molecule has 2 N–H and O–H groups in total. The maximum Gasteiger partial charge on any atom is 0.325 e. The van der Waals surface area contributed by atoms with Crippen LogP contribution < -0.4 is 10.6 Å². The van der Waals surface area contributed by atoms with Gasteiger partial charge >= 0.3 is 12.0 Å². The van der Waals surface area contributed by atoms with Crippen molar-refractivity contribution in [3.05, 3.63) is 34.9 Å². The van der Waals surface area contributed by atoms with Crippen molar-refractivity contribution in [2.45, 2.75) is 13.5 Å². The molecule has 0 saturated carbocycles. The molecule has 0 heterocycles. The van der Waals surface area contributed by atoms with Crippen molar-refractivity contribution in [3.63, 3.8) is 0 Å². The Bertz CT molecular complexity index is 424. The molecule has 0 fully saturated rings. The van der Waals surface area contributed by atoms with Crippen molar-refractivity contribution >= 4 is 23.6 Å². The van der Waals surface area contributed by atoms with Gasteiger partial charge in [-0.1, -0.05) is 23.7 Å². The van der Waals surface area contributed by atoms with E-state index in [1.54, 1.807) is 25.1 Å². The van der Waals surface area contributed by atoms with E-state index in [0.29, 0.717) is 18.2 Å². The van der Waals surface area contributed by atoms with Crippen LogP contribution in [0, 0.1) is 0 Å². The van der Waals surface area contributed by atoms with Gasteiger partial charge in [-0.25, -0.2) is 4.79 Å². The second-order valence-electron chi connectivity index (χ2n) is 3.47. The summed E-state index contributed by atoms with van der Waals surface area (Å²) in [6.45, 7) is 2.20. The number of esters is 1. The summed E-state index contributed by atoms with van der Waals surface area (Å²) in [5.41, 5.74) is 0.883. The van der Waals surface area contributed by atoms with E-state index >= 15 is 0 Å². The van der Waals surface area contributed by atoms with E-state index in [2.05, 4.69) is 15.4 Å². The lowest BCUT2D eigenvalue weighted by Gasteiger charge is -2.07. The van der Waals surface area contributed by atoms with Gasteiger partial charge < -0.3 is 15.4 Å². The molecule has 1 aromatic carbocycles. The van der Waals surface area contributed by atoms with E-state index in [0.717, 1.165) is 5.56 Å². The Balaban J connectivity index is 2.27. The maximum atomic E-state index is 11.3. The van der Waals surface area contributed by atoms with Crippen molar-refractivity contribution in [3.8, 4) is 0 Å². The molecule has 0 bridgehead atoms. The van der Waals surface area contributed by atoms with Crippen molar-refractivity contribution < 1.29 is 14.3 Å². The van der Waals surface area contributed by atoms with Crippen LogP contribution >= 0.6 is 11.6 Å². The summed E-state index contributed by atoms with van der Waals surface area (Å²) in [5, 5.41) is 5.61. The first kappa shape index (κ1) is 14.3. The summed E-state index contributed by atoms with van der Waals surface area (Å²) >= 11 is 5.81. The average Bonchev–Trinajstić information content (AvgIpc) is 2.34. The molecule has 0 aromatic heterocycles. The lowest BCUT2D eigenvalue weighted by Crippen LogP contribution is -2.38. The normalized spacial score (nSPS) is 9.67. The Hall–Kier alpha value is -1.75. The van der Waals surface area contributed by atoms with Crippen LogP contribution in [0.5, 0.6) is 0 Å². The number of carbonyl (C=O) groups is 2. The van der Waals surface area contributed by atoms with Crippen LogP contribution in [0.15, 0.2) is 24.3 Å². The molecule has 18 heavy (non-hydrogen) atoms. The van der Waals surface area contributed by atoms with Crippen LogP contribution in [0.2, 0.25) is 5.02 Å². The number of hydrogen-bond donors (Lipinski definition) is 2. The topological polar surface area (TPSA) is 67.4 Å². The zero-order valence-corrected chi connectivity index (χ0v) is 10.8. The van der Waals surface area contributed by atoms with Gasteiger partial charge in [0.15, 0.2) is 0 Å². The number of carbonyl (C=O) groups excluding carboxylic acids is 2. The summed E-state index contributed by atoms with van der Waals surface area (Å²) in [5.74, 6) is -0.463. The Labute approximate surface area is 110 Å². The van der Waals surface area contributed by atoms with Crippen LogP contribution in [-0.2, 0) is 16.1 Å². The molecule has 1 aromatic rings. The number of hydrogen-bond acceptors (Lipinski definition) is 3. The van der Waals surface area contributed by atoms with Gasteiger partial charge in [-0.15, -0.1) is 0 Å². The van der Waals surface area contributed by atoms with Gasteiger partial charge in [-0.05, 0) is 24.6 Å². The molecule has 0 spiro atoms. The number of amides is 2. The highest BCUT2D eigenvalue weighted by atomic mass is 35.5. The highest BCUT2D eigenvalue weighted by molar-refractivity contribution is 6.30. The fraction of sp³-hybridized carbons (Fsp3) is 0.333. The summed E-state index contributed by atoms with van der Waals surface area (Å²) in [7, 11) is 0. The monoisotopic (exact) mass is 270 g/mol. The molecule has 5 nitrogen and oxygen atoms in total. The van der Waals surface area contributed by atoms with Crippen molar-refractivity contribution in [2.75, 3.05) is 13.2 Å². The number of nitrogens with one attached hydrogen (secondary N) is 2. The SMILES string of the molecule is CCOC(=O)CNC(=O)NCc1cccc(Cl)c1. The van der Waals surface area contributed by atoms with Crippen LogP contribution in [-0.4, -0.2) is 25.2 Å². The van der Waals surface area contributed by atoms with Gasteiger partial charge in [-0.3, -0.25) is 4.79 Å². The van der Waals surface area contributed by atoms with E-state index in [4.69, 9.17) is 11.6 Å². The minimum absolute atomic E-state index is 0.144. The minimum atomic E-state index is -0.463. The van der Waals surface area contributed by atoms with E-state index in [1.807, 2.05) is 6.07 Å². The highest BCUT2D eigenvalue weighted by Gasteiger charge is 2.05. The molecule has 0 radical (unpaired) electrons. The summed E-state index contributed by atoms with van der Waals surface area (Å²) in [4.78, 5) is 22.3. The highest BCUT2D eigenvalue weighted by Crippen LogP contribution is 2.09. The van der Waals surface area contributed by atoms with Gasteiger partial charge in [0.1, 0.15) is 6.54 Å². The fourth-order valence-corrected chi connectivity index (χ4v) is 1.47. The predicted octanol–water partition coefficient (Wildman–Crippen LogP) is 1.70. The Morgan fingerprint density at radius 1 is 1.33 bits per heavy atom. The molecule has 0 saturated heterocycles. The van der Waals surface area contributed by atoms with Crippen molar-refractivity contribution in [2.24, 2.45) is 0 Å². The zero-order valence-electron chi connectivity index (χ0n) is 10.0. The van der Waals surface area contributed by atoms with E-state index in [-0.39, 0.29) is 6.54 Å².